The molecule has 0 fully saturated rings. The van der Waals surface area contributed by atoms with Crippen LogP contribution >= 0.6 is 0 Å². The lowest BCUT2D eigenvalue weighted by Crippen LogP contribution is -2.12. The maximum absolute atomic E-state index is 5.65. The summed E-state index contributed by atoms with van der Waals surface area (Å²) in [6.07, 6.45) is 1.85. The Kier molecular flexibility index (Phi) is 3.43. The predicted octanol–water partition coefficient (Wildman–Crippen LogP) is 2.27. The zero-order chi connectivity index (χ0) is 9.84. The molecule has 0 aliphatic heterocycles. The lowest BCUT2D eigenvalue weighted by atomic mass is 9.94. The van der Waals surface area contributed by atoms with E-state index in [0.717, 1.165) is 0 Å². The Bertz CT molecular complexity index is 269. The molecule has 72 valence electrons. The third kappa shape index (κ3) is 2.28. The molecule has 0 bridgehead atoms. The summed E-state index contributed by atoms with van der Waals surface area (Å²) in [5.41, 5.74) is 8.12. The van der Waals surface area contributed by atoms with Gasteiger partial charge in [0.25, 0.3) is 0 Å². The Hall–Kier alpha value is -0.890. The van der Waals surface area contributed by atoms with Crippen molar-refractivity contribution in [1.82, 2.24) is 4.98 Å². The number of hydrogen-bond acceptors (Lipinski definition) is 2. The minimum Gasteiger partial charge on any atom is -0.330 e. The molecule has 1 aromatic heterocycles. The van der Waals surface area contributed by atoms with Gasteiger partial charge in [-0.05, 0) is 30.0 Å². The van der Waals surface area contributed by atoms with Crippen molar-refractivity contribution >= 4 is 0 Å². The molecular weight excluding hydrogens is 160 g/mol. The van der Waals surface area contributed by atoms with E-state index in [1.807, 2.05) is 12.3 Å². The van der Waals surface area contributed by atoms with Gasteiger partial charge < -0.3 is 5.73 Å². The summed E-state index contributed by atoms with van der Waals surface area (Å²) >= 11 is 0. The van der Waals surface area contributed by atoms with Gasteiger partial charge in [0.1, 0.15) is 0 Å². The fraction of sp³-hybridized carbons (Fsp3) is 0.545. The number of pyridine rings is 1. The predicted molar refractivity (Wildman–Crippen MR) is 55.8 cm³/mol. The van der Waals surface area contributed by atoms with E-state index in [0.29, 0.717) is 18.4 Å². The summed E-state index contributed by atoms with van der Waals surface area (Å²) < 4.78 is 0. The zero-order valence-electron chi connectivity index (χ0n) is 8.62. The van der Waals surface area contributed by atoms with Crippen LogP contribution in [0.3, 0.4) is 0 Å². The Balaban J connectivity index is 3.04. The first kappa shape index (κ1) is 10.2. The second-order valence-corrected chi connectivity index (χ2v) is 3.77. The van der Waals surface area contributed by atoms with Gasteiger partial charge in [-0.1, -0.05) is 26.8 Å². The van der Waals surface area contributed by atoms with Crippen LogP contribution < -0.4 is 5.73 Å². The highest BCUT2D eigenvalue weighted by Crippen LogP contribution is 2.22. The van der Waals surface area contributed by atoms with Crippen molar-refractivity contribution < 1.29 is 0 Å². The van der Waals surface area contributed by atoms with Gasteiger partial charge in [-0.15, -0.1) is 0 Å². The van der Waals surface area contributed by atoms with E-state index >= 15 is 0 Å². The normalized spacial score (nSPS) is 13.3. The Labute approximate surface area is 80.2 Å². The molecule has 0 spiro atoms. The van der Waals surface area contributed by atoms with Gasteiger partial charge in [-0.2, -0.15) is 0 Å². The molecule has 0 saturated heterocycles. The molecule has 1 unspecified atom stereocenters. The lowest BCUT2D eigenvalue weighted by Gasteiger charge is -2.15. The molecule has 0 aliphatic rings. The molecule has 1 aromatic rings. The SMILES string of the molecule is CC(C)c1ncccc1C(C)CN. The van der Waals surface area contributed by atoms with Crippen LogP contribution in [0.15, 0.2) is 18.3 Å². The molecule has 2 N–H and O–H groups in total. The Morgan fingerprint density at radius 1 is 1.38 bits per heavy atom. The first-order chi connectivity index (χ1) is 6.16. The number of nitrogens with zero attached hydrogens (tertiary/aromatic N) is 1. The van der Waals surface area contributed by atoms with E-state index in [2.05, 4.69) is 31.8 Å². The Morgan fingerprint density at radius 2 is 2.08 bits per heavy atom. The van der Waals surface area contributed by atoms with Gasteiger partial charge in [-0.25, -0.2) is 0 Å². The minimum atomic E-state index is 0.408. The first-order valence-electron chi connectivity index (χ1n) is 4.81. The molecular formula is C11H18N2. The molecule has 0 saturated carbocycles. The highest BCUT2D eigenvalue weighted by Gasteiger charge is 2.11. The third-order valence-corrected chi connectivity index (χ3v) is 2.30. The summed E-state index contributed by atoms with van der Waals surface area (Å²) in [7, 11) is 0. The molecule has 0 aliphatic carbocycles. The molecule has 1 heterocycles. The smallest absolute Gasteiger partial charge is 0.0464 e. The number of rotatable bonds is 3. The summed E-state index contributed by atoms with van der Waals surface area (Å²) in [6, 6.07) is 4.10. The van der Waals surface area contributed by atoms with Crippen LogP contribution in [0.25, 0.3) is 0 Å². The molecule has 1 atom stereocenters. The average Bonchev–Trinajstić information content (AvgIpc) is 2.16. The third-order valence-electron chi connectivity index (χ3n) is 2.30. The van der Waals surface area contributed by atoms with Crippen LogP contribution in [0.2, 0.25) is 0 Å². The van der Waals surface area contributed by atoms with E-state index in [4.69, 9.17) is 5.73 Å². The average molecular weight is 178 g/mol. The van der Waals surface area contributed by atoms with Crippen LogP contribution in [-0.4, -0.2) is 11.5 Å². The topological polar surface area (TPSA) is 38.9 Å². The van der Waals surface area contributed by atoms with Gasteiger partial charge >= 0.3 is 0 Å². The van der Waals surface area contributed by atoms with Crippen LogP contribution in [0.4, 0.5) is 0 Å². The van der Waals surface area contributed by atoms with E-state index in [1.54, 1.807) is 0 Å². The molecule has 13 heavy (non-hydrogen) atoms. The molecule has 2 heteroatoms. The molecule has 1 rings (SSSR count). The van der Waals surface area contributed by atoms with E-state index in [1.165, 1.54) is 11.3 Å². The molecule has 0 aromatic carbocycles. The summed E-state index contributed by atoms with van der Waals surface area (Å²) in [5.74, 6) is 0.885. The summed E-state index contributed by atoms with van der Waals surface area (Å²) in [4.78, 5) is 4.39. The maximum atomic E-state index is 5.65. The summed E-state index contributed by atoms with van der Waals surface area (Å²) in [6.45, 7) is 7.15. The highest BCUT2D eigenvalue weighted by molar-refractivity contribution is 5.26. The van der Waals surface area contributed by atoms with Crippen molar-refractivity contribution in [2.75, 3.05) is 6.54 Å². The van der Waals surface area contributed by atoms with Gasteiger partial charge in [0.05, 0.1) is 0 Å². The van der Waals surface area contributed by atoms with Crippen molar-refractivity contribution in [1.29, 1.82) is 0 Å². The number of aromatic nitrogens is 1. The molecule has 0 amide bonds. The quantitative estimate of drug-likeness (QED) is 0.771. The van der Waals surface area contributed by atoms with Crippen LogP contribution in [0.5, 0.6) is 0 Å². The van der Waals surface area contributed by atoms with Crippen LogP contribution in [0, 0.1) is 0 Å². The van der Waals surface area contributed by atoms with Gasteiger partial charge in [-0.3, -0.25) is 4.98 Å². The summed E-state index contributed by atoms with van der Waals surface area (Å²) in [5, 5.41) is 0. The lowest BCUT2D eigenvalue weighted by molar-refractivity contribution is 0.720. The second-order valence-electron chi connectivity index (χ2n) is 3.77. The largest absolute Gasteiger partial charge is 0.330 e. The maximum Gasteiger partial charge on any atom is 0.0464 e. The van der Waals surface area contributed by atoms with E-state index < -0.39 is 0 Å². The number of nitrogens with two attached hydrogens (primary N) is 1. The first-order valence-corrected chi connectivity index (χ1v) is 4.81. The van der Waals surface area contributed by atoms with Gasteiger partial charge in [0, 0.05) is 11.9 Å². The minimum absolute atomic E-state index is 0.408. The van der Waals surface area contributed by atoms with Crippen molar-refractivity contribution in [3.05, 3.63) is 29.6 Å². The monoisotopic (exact) mass is 178 g/mol. The molecule has 2 nitrogen and oxygen atoms in total. The standard InChI is InChI=1S/C11H18N2/c1-8(2)11-10(9(3)7-12)5-4-6-13-11/h4-6,8-9H,7,12H2,1-3H3. The Morgan fingerprint density at radius 3 is 2.62 bits per heavy atom. The fourth-order valence-corrected chi connectivity index (χ4v) is 1.46. The van der Waals surface area contributed by atoms with E-state index in [9.17, 15) is 0 Å². The van der Waals surface area contributed by atoms with Gasteiger partial charge in [0.15, 0.2) is 0 Å². The molecule has 0 radical (unpaired) electrons. The van der Waals surface area contributed by atoms with Crippen LogP contribution in [0.1, 0.15) is 43.9 Å². The van der Waals surface area contributed by atoms with Crippen molar-refractivity contribution in [2.24, 2.45) is 5.73 Å². The van der Waals surface area contributed by atoms with Crippen molar-refractivity contribution in [3.8, 4) is 0 Å². The highest BCUT2D eigenvalue weighted by atomic mass is 14.7. The van der Waals surface area contributed by atoms with Crippen molar-refractivity contribution in [2.45, 2.75) is 32.6 Å². The van der Waals surface area contributed by atoms with Crippen molar-refractivity contribution in [3.63, 3.8) is 0 Å². The van der Waals surface area contributed by atoms with E-state index in [-0.39, 0.29) is 0 Å². The fourth-order valence-electron chi connectivity index (χ4n) is 1.46. The number of hydrogen-bond donors (Lipinski definition) is 1. The van der Waals surface area contributed by atoms with Gasteiger partial charge in [0.2, 0.25) is 0 Å². The zero-order valence-corrected chi connectivity index (χ0v) is 8.62. The van der Waals surface area contributed by atoms with Crippen LogP contribution in [-0.2, 0) is 0 Å². The second kappa shape index (κ2) is 4.38.